The number of hydrogen-bond acceptors (Lipinski definition) is 6. The number of nitrogens with one attached hydrogen (secondary N) is 1. The highest BCUT2D eigenvalue weighted by atomic mass is 35.5. The summed E-state index contributed by atoms with van der Waals surface area (Å²) in [7, 11) is 3.26. The predicted octanol–water partition coefficient (Wildman–Crippen LogP) is 1.77. The van der Waals surface area contributed by atoms with Crippen LogP contribution in [0.1, 0.15) is 5.56 Å². The fourth-order valence-corrected chi connectivity index (χ4v) is 3.94. The summed E-state index contributed by atoms with van der Waals surface area (Å²) in [5.74, 6) is 0.369. The monoisotopic (exact) mass is 382 g/mol. The van der Waals surface area contributed by atoms with Crippen molar-refractivity contribution in [1.29, 1.82) is 0 Å². The molecule has 1 aromatic rings. The third kappa shape index (κ3) is 3.75. The molecule has 0 spiro atoms. The van der Waals surface area contributed by atoms with Gasteiger partial charge in [-0.1, -0.05) is 35.5 Å². The van der Waals surface area contributed by atoms with E-state index in [9.17, 15) is 9.59 Å². The summed E-state index contributed by atoms with van der Waals surface area (Å²) in [6.45, 7) is 0.994. The molecule has 9 heteroatoms. The number of methoxy groups -OCH3 is 1. The Bertz CT molecular complexity index is 697. The first-order chi connectivity index (χ1) is 12.0. The minimum Gasteiger partial charge on any atom is -0.383 e. The number of amidine groups is 1. The second-order valence-corrected chi connectivity index (χ2v) is 7.16. The van der Waals surface area contributed by atoms with Gasteiger partial charge in [-0.25, -0.2) is 9.79 Å². The molecule has 0 bridgehead atoms. The largest absolute Gasteiger partial charge is 0.383 e. The zero-order valence-electron chi connectivity index (χ0n) is 13.9. The number of ether oxygens (including phenoxy) is 1. The fraction of sp³-hybridized carbons (Fsp3) is 0.438. The van der Waals surface area contributed by atoms with Crippen LogP contribution in [0.3, 0.4) is 0 Å². The highest BCUT2D eigenvalue weighted by Gasteiger charge is 2.48. The van der Waals surface area contributed by atoms with Gasteiger partial charge in [-0.05, 0) is 17.7 Å². The second-order valence-electron chi connectivity index (χ2n) is 5.78. The SMILES string of the molecule is COCCN1C(SCc2ccc(Cl)cc2)=NC2C1C(=O)NC(=O)N2C. The average molecular weight is 383 g/mol. The average Bonchev–Trinajstić information content (AvgIpc) is 2.96. The number of nitrogens with zero attached hydrogens (tertiary/aromatic N) is 3. The van der Waals surface area contributed by atoms with Gasteiger partial charge in [0.05, 0.1) is 6.61 Å². The molecule has 2 aliphatic heterocycles. The van der Waals surface area contributed by atoms with Crippen molar-refractivity contribution >= 4 is 40.5 Å². The molecule has 3 amide bonds. The molecule has 134 valence electrons. The van der Waals surface area contributed by atoms with Gasteiger partial charge in [-0.2, -0.15) is 0 Å². The Balaban J connectivity index is 1.78. The van der Waals surface area contributed by atoms with Crippen LogP contribution in [0.2, 0.25) is 5.02 Å². The van der Waals surface area contributed by atoms with Crippen LogP contribution in [-0.2, 0) is 15.3 Å². The van der Waals surface area contributed by atoms with Gasteiger partial charge in [0.15, 0.2) is 17.4 Å². The van der Waals surface area contributed by atoms with E-state index in [1.807, 2.05) is 29.2 Å². The molecule has 1 N–H and O–H groups in total. The zero-order chi connectivity index (χ0) is 18.0. The van der Waals surface area contributed by atoms with E-state index in [1.165, 1.54) is 16.7 Å². The van der Waals surface area contributed by atoms with Crippen molar-refractivity contribution in [3.63, 3.8) is 0 Å². The lowest BCUT2D eigenvalue weighted by Crippen LogP contribution is -2.63. The van der Waals surface area contributed by atoms with E-state index in [2.05, 4.69) is 10.3 Å². The Morgan fingerprint density at radius 3 is 2.72 bits per heavy atom. The van der Waals surface area contributed by atoms with E-state index >= 15 is 0 Å². The molecule has 2 aliphatic rings. The molecule has 3 rings (SSSR count). The first-order valence-corrected chi connectivity index (χ1v) is 9.16. The van der Waals surface area contributed by atoms with Crippen LogP contribution in [0.15, 0.2) is 29.3 Å². The minimum absolute atomic E-state index is 0.324. The second kappa shape index (κ2) is 7.63. The molecular formula is C16H19ClN4O3S. The summed E-state index contributed by atoms with van der Waals surface area (Å²) in [5.41, 5.74) is 1.10. The van der Waals surface area contributed by atoms with E-state index in [4.69, 9.17) is 16.3 Å². The van der Waals surface area contributed by atoms with E-state index in [1.54, 1.807) is 14.2 Å². The van der Waals surface area contributed by atoms with Gasteiger partial charge in [0.2, 0.25) is 0 Å². The maximum atomic E-state index is 12.3. The molecule has 2 unspecified atom stereocenters. The third-order valence-corrected chi connectivity index (χ3v) is 5.47. The Labute approximate surface area is 155 Å². The van der Waals surface area contributed by atoms with Gasteiger partial charge in [0, 0.05) is 31.5 Å². The van der Waals surface area contributed by atoms with Gasteiger partial charge < -0.3 is 14.5 Å². The number of benzene rings is 1. The molecule has 0 saturated carbocycles. The van der Waals surface area contributed by atoms with Crippen molar-refractivity contribution in [2.24, 2.45) is 4.99 Å². The van der Waals surface area contributed by atoms with Crippen molar-refractivity contribution in [2.75, 3.05) is 27.3 Å². The molecule has 1 saturated heterocycles. The number of amides is 3. The topological polar surface area (TPSA) is 74.2 Å². The maximum Gasteiger partial charge on any atom is 0.325 e. The van der Waals surface area contributed by atoms with Crippen LogP contribution < -0.4 is 5.32 Å². The van der Waals surface area contributed by atoms with Gasteiger partial charge in [0.1, 0.15) is 0 Å². The van der Waals surface area contributed by atoms with Crippen molar-refractivity contribution in [1.82, 2.24) is 15.1 Å². The lowest BCUT2D eigenvalue weighted by Gasteiger charge is -2.36. The van der Waals surface area contributed by atoms with E-state index in [-0.39, 0.29) is 5.91 Å². The lowest BCUT2D eigenvalue weighted by molar-refractivity contribution is -0.127. The first kappa shape index (κ1) is 18.0. The number of carbonyl (C=O) groups excluding carboxylic acids is 2. The van der Waals surface area contributed by atoms with Crippen LogP contribution >= 0.6 is 23.4 Å². The molecule has 7 nitrogen and oxygen atoms in total. The Hall–Kier alpha value is -1.77. The number of aliphatic imine (C=N–C) groups is 1. The fourth-order valence-electron chi connectivity index (χ4n) is 2.77. The van der Waals surface area contributed by atoms with Crippen molar-refractivity contribution < 1.29 is 14.3 Å². The summed E-state index contributed by atoms with van der Waals surface area (Å²) in [6.07, 6.45) is -0.508. The lowest BCUT2D eigenvalue weighted by atomic mass is 10.1. The van der Waals surface area contributed by atoms with E-state index < -0.39 is 18.2 Å². The Morgan fingerprint density at radius 1 is 1.32 bits per heavy atom. The molecule has 0 aromatic heterocycles. The molecule has 2 heterocycles. The smallest absolute Gasteiger partial charge is 0.325 e. The highest BCUT2D eigenvalue weighted by molar-refractivity contribution is 8.13. The van der Waals surface area contributed by atoms with Crippen molar-refractivity contribution in [3.05, 3.63) is 34.9 Å². The molecule has 25 heavy (non-hydrogen) atoms. The molecule has 1 fully saturated rings. The summed E-state index contributed by atoms with van der Waals surface area (Å²) < 4.78 is 5.16. The summed E-state index contributed by atoms with van der Waals surface area (Å²) in [5, 5.41) is 3.80. The van der Waals surface area contributed by atoms with Gasteiger partial charge in [-0.15, -0.1) is 0 Å². The summed E-state index contributed by atoms with van der Waals surface area (Å²) in [4.78, 5) is 32.2. The van der Waals surface area contributed by atoms with Crippen molar-refractivity contribution in [3.8, 4) is 0 Å². The van der Waals surface area contributed by atoms with Gasteiger partial charge in [-0.3, -0.25) is 10.1 Å². The molecule has 2 atom stereocenters. The molecule has 0 aliphatic carbocycles. The number of rotatable bonds is 5. The quantitative estimate of drug-likeness (QED) is 0.840. The number of imide groups is 1. The summed E-state index contributed by atoms with van der Waals surface area (Å²) in [6, 6.07) is 6.66. The Kier molecular flexibility index (Phi) is 5.51. The van der Waals surface area contributed by atoms with Crippen LogP contribution in [0.25, 0.3) is 0 Å². The van der Waals surface area contributed by atoms with E-state index in [0.717, 1.165) is 10.7 Å². The van der Waals surface area contributed by atoms with Crippen LogP contribution in [0, 0.1) is 0 Å². The number of carbonyl (C=O) groups is 2. The van der Waals surface area contributed by atoms with Gasteiger partial charge in [0.25, 0.3) is 5.91 Å². The van der Waals surface area contributed by atoms with Crippen LogP contribution in [0.4, 0.5) is 4.79 Å². The number of thioether (sulfide) groups is 1. The highest BCUT2D eigenvalue weighted by Crippen LogP contribution is 2.29. The molecule has 1 aromatic carbocycles. The maximum absolute atomic E-state index is 12.3. The van der Waals surface area contributed by atoms with E-state index in [0.29, 0.717) is 23.9 Å². The molecule has 0 radical (unpaired) electrons. The zero-order valence-corrected chi connectivity index (χ0v) is 15.5. The van der Waals surface area contributed by atoms with Crippen LogP contribution in [-0.4, -0.2) is 66.4 Å². The third-order valence-electron chi connectivity index (χ3n) is 4.14. The van der Waals surface area contributed by atoms with Gasteiger partial charge >= 0.3 is 6.03 Å². The molecular weight excluding hydrogens is 364 g/mol. The van der Waals surface area contributed by atoms with Crippen LogP contribution in [0.5, 0.6) is 0 Å². The number of fused-ring (bicyclic) bond motifs is 1. The number of hydrogen-bond donors (Lipinski definition) is 1. The number of halogens is 1. The minimum atomic E-state index is -0.523. The Morgan fingerprint density at radius 2 is 2.04 bits per heavy atom. The number of likely N-dealkylation sites (N-methyl/N-ethyl adjacent to an activating group) is 1. The first-order valence-electron chi connectivity index (χ1n) is 7.79. The van der Waals surface area contributed by atoms with Crippen molar-refractivity contribution in [2.45, 2.75) is 18.0 Å². The normalized spacial score (nSPS) is 22.8. The summed E-state index contributed by atoms with van der Waals surface area (Å²) >= 11 is 7.45. The number of urea groups is 1. The standard InChI is InChI=1S/C16H19ClN4O3S/c1-20-13-12(14(22)19-15(20)23)21(7-8-24-2)16(18-13)25-9-10-3-5-11(17)6-4-10/h3-6,12-13H,7-9H2,1-2H3,(H,19,22,23). The predicted molar refractivity (Wildman–Crippen MR) is 97.6 cm³/mol.